The fourth-order valence-corrected chi connectivity index (χ4v) is 2.69. The van der Waals surface area contributed by atoms with Gasteiger partial charge in [0.25, 0.3) is 0 Å². The molecule has 0 aliphatic carbocycles. The molecule has 1 rings (SSSR count). The summed E-state index contributed by atoms with van der Waals surface area (Å²) in [4.78, 5) is 0. The summed E-state index contributed by atoms with van der Waals surface area (Å²) in [5.74, 6) is 0. The molecular weight excluding hydrogens is 154 g/mol. The SMILES string of the molecule is CNS(=O)C1CC=CS1. The average Bonchev–Trinajstić information content (AvgIpc) is 2.37. The molecule has 0 saturated heterocycles. The molecule has 1 aliphatic rings. The van der Waals surface area contributed by atoms with Gasteiger partial charge in [-0.2, -0.15) is 0 Å². The maximum Gasteiger partial charge on any atom is 0.105 e. The number of rotatable bonds is 2. The van der Waals surface area contributed by atoms with Crippen molar-refractivity contribution in [2.75, 3.05) is 7.05 Å². The van der Waals surface area contributed by atoms with Gasteiger partial charge in [0.2, 0.25) is 0 Å². The average molecular weight is 163 g/mol. The summed E-state index contributed by atoms with van der Waals surface area (Å²) in [6, 6.07) is 0. The number of allylic oxidation sites excluding steroid dienone is 1. The molecule has 0 aromatic carbocycles. The Hall–Kier alpha value is 0.200. The van der Waals surface area contributed by atoms with Crippen molar-refractivity contribution in [3.8, 4) is 0 Å². The van der Waals surface area contributed by atoms with Gasteiger partial charge < -0.3 is 0 Å². The molecule has 0 radical (unpaired) electrons. The van der Waals surface area contributed by atoms with Gasteiger partial charge in [-0.15, -0.1) is 11.8 Å². The van der Waals surface area contributed by atoms with Crippen molar-refractivity contribution in [3.05, 3.63) is 11.5 Å². The van der Waals surface area contributed by atoms with Gasteiger partial charge in [-0.1, -0.05) is 6.08 Å². The first-order valence-electron chi connectivity index (χ1n) is 2.73. The molecule has 2 nitrogen and oxygen atoms in total. The second-order valence-corrected chi connectivity index (χ2v) is 4.66. The number of nitrogens with one attached hydrogen (secondary N) is 1. The van der Waals surface area contributed by atoms with E-state index in [1.54, 1.807) is 18.8 Å². The molecule has 9 heavy (non-hydrogen) atoms. The van der Waals surface area contributed by atoms with Crippen LogP contribution in [0.2, 0.25) is 0 Å². The quantitative estimate of drug-likeness (QED) is 0.654. The number of hydrogen-bond acceptors (Lipinski definition) is 2. The minimum absolute atomic E-state index is 0.245. The monoisotopic (exact) mass is 163 g/mol. The van der Waals surface area contributed by atoms with Crippen LogP contribution < -0.4 is 4.72 Å². The second-order valence-electron chi connectivity index (χ2n) is 1.67. The Morgan fingerprint density at radius 2 is 2.67 bits per heavy atom. The Morgan fingerprint density at radius 3 is 3.11 bits per heavy atom. The van der Waals surface area contributed by atoms with Crippen molar-refractivity contribution in [2.45, 2.75) is 11.0 Å². The lowest BCUT2D eigenvalue weighted by molar-refractivity contribution is 0.676. The van der Waals surface area contributed by atoms with Crippen LogP contribution in [0.25, 0.3) is 0 Å². The van der Waals surface area contributed by atoms with E-state index in [2.05, 4.69) is 4.72 Å². The summed E-state index contributed by atoms with van der Waals surface area (Å²) in [5, 5.41) is 2.00. The summed E-state index contributed by atoms with van der Waals surface area (Å²) >= 11 is 1.63. The first-order chi connectivity index (χ1) is 4.34. The highest BCUT2D eigenvalue weighted by atomic mass is 32.2. The zero-order chi connectivity index (χ0) is 6.69. The smallest absolute Gasteiger partial charge is 0.105 e. The highest BCUT2D eigenvalue weighted by Gasteiger charge is 2.16. The van der Waals surface area contributed by atoms with Crippen molar-refractivity contribution in [2.24, 2.45) is 0 Å². The largest absolute Gasteiger partial charge is 0.242 e. The molecule has 1 N–H and O–H groups in total. The fraction of sp³-hybridized carbons (Fsp3) is 0.600. The Balaban J connectivity index is 2.36. The molecule has 0 aromatic rings. The van der Waals surface area contributed by atoms with Crippen LogP contribution in [0.5, 0.6) is 0 Å². The minimum atomic E-state index is -0.852. The van der Waals surface area contributed by atoms with Crippen LogP contribution in [0, 0.1) is 0 Å². The topological polar surface area (TPSA) is 29.1 Å². The Bertz CT molecular complexity index is 138. The van der Waals surface area contributed by atoms with Gasteiger partial charge in [0.1, 0.15) is 15.6 Å². The van der Waals surface area contributed by atoms with E-state index in [4.69, 9.17) is 0 Å². The highest BCUT2D eigenvalue weighted by Crippen LogP contribution is 2.25. The van der Waals surface area contributed by atoms with Crippen LogP contribution in [0.15, 0.2) is 11.5 Å². The van der Waals surface area contributed by atoms with Crippen molar-refractivity contribution in [3.63, 3.8) is 0 Å². The first kappa shape index (κ1) is 7.31. The normalized spacial score (nSPS) is 28.8. The van der Waals surface area contributed by atoms with E-state index in [9.17, 15) is 4.21 Å². The Labute approximate surface area is 61.7 Å². The molecule has 1 aliphatic heterocycles. The van der Waals surface area contributed by atoms with Crippen LogP contribution in [0.3, 0.4) is 0 Å². The Kier molecular flexibility index (Phi) is 2.75. The van der Waals surface area contributed by atoms with E-state index >= 15 is 0 Å². The summed E-state index contributed by atoms with van der Waals surface area (Å²) in [6.07, 6.45) is 2.97. The molecule has 52 valence electrons. The predicted molar refractivity (Wildman–Crippen MR) is 42.3 cm³/mol. The van der Waals surface area contributed by atoms with Crippen LogP contribution >= 0.6 is 11.8 Å². The van der Waals surface area contributed by atoms with E-state index in [0.29, 0.717) is 0 Å². The van der Waals surface area contributed by atoms with Crippen molar-refractivity contribution < 1.29 is 4.21 Å². The molecule has 2 unspecified atom stereocenters. The van der Waals surface area contributed by atoms with E-state index < -0.39 is 11.0 Å². The first-order valence-corrected chi connectivity index (χ1v) is 4.88. The van der Waals surface area contributed by atoms with Crippen molar-refractivity contribution in [1.82, 2.24) is 4.72 Å². The zero-order valence-corrected chi connectivity index (χ0v) is 6.80. The molecular formula is C5H9NOS2. The molecule has 0 saturated carbocycles. The number of hydrogen-bond donors (Lipinski definition) is 1. The van der Waals surface area contributed by atoms with Crippen LogP contribution in [-0.2, 0) is 11.0 Å². The lowest BCUT2D eigenvalue weighted by atomic mass is 10.5. The third-order valence-corrected chi connectivity index (χ3v) is 3.87. The summed E-state index contributed by atoms with van der Waals surface area (Å²) in [6.45, 7) is 0. The van der Waals surface area contributed by atoms with E-state index in [1.165, 1.54) is 0 Å². The van der Waals surface area contributed by atoms with Crippen molar-refractivity contribution >= 4 is 22.7 Å². The van der Waals surface area contributed by atoms with Gasteiger partial charge in [-0.05, 0) is 18.9 Å². The summed E-state index contributed by atoms with van der Waals surface area (Å²) in [5.41, 5.74) is 0. The fourth-order valence-electron chi connectivity index (χ4n) is 0.635. The van der Waals surface area contributed by atoms with Crippen LogP contribution in [-0.4, -0.2) is 15.8 Å². The third kappa shape index (κ3) is 1.81. The molecule has 0 bridgehead atoms. The lowest BCUT2D eigenvalue weighted by Crippen LogP contribution is -2.20. The van der Waals surface area contributed by atoms with Crippen LogP contribution in [0.4, 0.5) is 0 Å². The maximum atomic E-state index is 11.0. The van der Waals surface area contributed by atoms with Crippen molar-refractivity contribution in [1.29, 1.82) is 0 Å². The third-order valence-electron chi connectivity index (χ3n) is 1.10. The maximum absolute atomic E-state index is 11.0. The van der Waals surface area contributed by atoms with E-state index in [-0.39, 0.29) is 4.58 Å². The van der Waals surface area contributed by atoms with Crippen LogP contribution in [0.1, 0.15) is 6.42 Å². The molecule has 1 heterocycles. The van der Waals surface area contributed by atoms with Gasteiger partial charge in [0.05, 0.1) is 0 Å². The molecule has 0 spiro atoms. The van der Waals surface area contributed by atoms with E-state index in [1.807, 2.05) is 11.5 Å². The van der Waals surface area contributed by atoms with Gasteiger partial charge >= 0.3 is 0 Å². The molecule has 0 aromatic heterocycles. The van der Waals surface area contributed by atoms with Gasteiger partial charge in [-0.3, -0.25) is 0 Å². The summed E-state index contributed by atoms with van der Waals surface area (Å²) < 4.78 is 13.9. The number of thioether (sulfide) groups is 1. The lowest BCUT2D eigenvalue weighted by Gasteiger charge is -2.04. The van der Waals surface area contributed by atoms with Gasteiger partial charge in [0, 0.05) is 0 Å². The molecule has 4 heteroatoms. The second kappa shape index (κ2) is 3.39. The highest BCUT2D eigenvalue weighted by molar-refractivity contribution is 8.12. The predicted octanol–water partition coefficient (Wildman–Crippen LogP) is 0.846. The van der Waals surface area contributed by atoms with Gasteiger partial charge in [0.15, 0.2) is 0 Å². The minimum Gasteiger partial charge on any atom is -0.242 e. The molecule has 0 fully saturated rings. The Morgan fingerprint density at radius 1 is 1.89 bits per heavy atom. The molecule has 0 amide bonds. The molecule has 2 atom stereocenters. The zero-order valence-electron chi connectivity index (χ0n) is 5.16. The summed E-state index contributed by atoms with van der Waals surface area (Å²) in [7, 11) is 0.865. The van der Waals surface area contributed by atoms with E-state index in [0.717, 1.165) is 6.42 Å². The van der Waals surface area contributed by atoms with Gasteiger partial charge in [-0.25, -0.2) is 8.93 Å². The standard InChI is InChI=1S/C5H9NOS2/c1-6-9(7)5-3-2-4-8-5/h2,4-6H,3H2,1H3.